The number of fused-ring (bicyclic) bond motifs is 1. The fourth-order valence-electron chi connectivity index (χ4n) is 5.17. The van der Waals surface area contributed by atoms with Crippen LogP contribution in [0.3, 0.4) is 0 Å². The average molecular weight is 450 g/mol. The molecule has 33 heavy (non-hydrogen) atoms. The van der Waals surface area contributed by atoms with E-state index in [1.54, 1.807) is 12.1 Å². The van der Waals surface area contributed by atoms with Gasteiger partial charge >= 0.3 is 0 Å². The highest BCUT2D eigenvalue weighted by molar-refractivity contribution is 6.07. The predicted molar refractivity (Wildman–Crippen MR) is 125 cm³/mol. The second-order valence-electron chi connectivity index (χ2n) is 9.15. The minimum Gasteiger partial charge on any atom is -0.454 e. The van der Waals surface area contributed by atoms with Crippen molar-refractivity contribution < 1.29 is 19.1 Å². The summed E-state index contributed by atoms with van der Waals surface area (Å²) in [6.45, 7) is 8.23. The summed E-state index contributed by atoms with van der Waals surface area (Å²) in [5.41, 5.74) is 2.28. The molecule has 5 rings (SSSR count). The number of ketones is 1. The van der Waals surface area contributed by atoms with Crippen molar-refractivity contribution in [3.8, 4) is 11.5 Å². The molecule has 2 saturated heterocycles. The molecule has 0 saturated carbocycles. The van der Waals surface area contributed by atoms with E-state index in [4.69, 9.17) is 9.47 Å². The number of benzene rings is 2. The maximum atomic E-state index is 13.2. The Kier molecular flexibility index (Phi) is 6.33. The fourth-order valence-corrected chi connectivity index (χ4v) is 5.17. The minimum absolute atomic E-state index is 0.0213. The van der Waals surface area contributed by atoms with Crippen molar-refractivity contribution in [2.45, 2.75) is 32.4 Å². The van der Waals surface area contributed by atoms with Crippen LogP contribution < -0.4 is 9.47 Å². The lowest BCUT2D eigenvalue weighted by Gasteiger charge is -2.43. The van der Waals surface area contributed by atoms with Crippen LogP contribution in [0.15, 0.2) is 42.5 Å². The summed E-state index contributed by atoms with van der Waals surface area (Å²) < 4.78 is 10.9. The average Bonchev–Trinajstić information content (AvgIpc) is 3.32. The number of Topliss-reactive ketones (excluding diaryl/α,β-unsaturated/α-hetero) is 1. The number of carbonyl (C=O) groups excluding carboxylic acids is 2. The first-order valence-corrected chi connectivity index (χ1v) is 11.8. The van der Waals surface area contributed by atoms with E-state index in [2.05, 4.69) is 21.9 Å². The van der Waals surface area contributed by atoms with Gasteiger partial charge in [0.1, 0.15) is 0 Å². The van der Waals surface area contributed by atoms with Gasteiger partial charge in [-0.2, -0.15) is 0 Å². The molecule has 174 valence electrons. The van der Waals surface area contributed by atoms with Gasteiger partial charge in [0.15, 0.2) is 17.3 Å². The Morgan fingerprint density at radius 3 is 2.48 bits per heavy atom. The van der Waals surface area contributed by atoms with Crippen molar-refractivity contribution in [3.63, 3.8) is 0 Å². The summed E-state index contributed by atoms with van der Waals surface area (Å²) in [4.78, 5) is 32.2. The number of likely N-dealkylation sites (tertiary alicyclic amines) is 1. The van der Waals surface area contributed by atoms with Crippen molar-refractivity contribution in [2.24, 2.45) is 0 Å². The topological polar surface area (TPSA) is 62.3 Å². The Hall–Kier alpha value is -2.90. The zero-order valence-corrected chi connectivity index (χ0v) is 19.2. The quantitative estimate of drug-likeness (QED) is 0.654. The lowest BCUT2D eigenvalue weighted by molar-refractivity contribution is 0.0406. The lowest BCUT2D eigenvalue weighted by Crippen LogP contribution is -2.55. The Morgan fingerprint density at radius 1 is 0.939 bits per heavy atom. The first-order valence-electron chi connectivity index (χ1n) is 11.8. The summed E-state index contributed by atoms with van der Waals surface area (Å²) in [6.07, 6.45) is 2.11. The number of hydrogen-bond acceptors (Lipinski definition) is 6. The smallest absolute Gasteiger partial charge is 0.254 e. The van der Waals surface area contributed by atoms with Gasteiger partial charge in [-0.15, -0.1) is 0 Å². The van der Waals surface area contributed by atoms with E-state index in [1.165, 1.54) is 12.5 Å². The number of amides is 1. The second-order valence-corrected chi connectivity index (χ2v) is 9.15. The highest BCUT2D eigenvalue weighted by atomic mass is 16.7. The summed E-state index contributed by atoms with van der Waals surface area (Å²) in [6, 6.07) is 13.7. The molecule has 3 aliphatic heterocycles. The van der Waals surface area contributed by atoms with Crippen molar-refractivity contribution in [1.29, 1.82) is 0 Å². The number of piperidine rings is 1. The predicted octanol–water partition coefficient (Wildman–Crippen LogP) is 3.04. The molecule has 2 aromatic carbocycles. The molecule has 3 heterocycles. The molecular formula is C26H31N3O4. The molecule has 1 amide bonds. The molecule has 0 unspecified atom stereocenters. The molecule has 1 atom stereocenters. The maximum Gasteiger partial charge on any atom is 0.254 e. The zero-order chi connectivity index (χ0) is 22.8. The van der Waals surface area contributed by atoms with Gasteiger partial charge in [-0.05, 0) is 43.5 Å². The Balaban J connectivity index is 1.17. The van der Waals surface area contributed by atoms with E-state index >= 15 is 0 Å². The van der Waals surface area contributed by atoms with Gasteiger partial charge in [0.05, 0.1) is 5.56 Å². The summed E-state index contributed by atoms with van der Waals surface area (Å²) in [7, 11) is 0. The Labute approximate surface area is 194 Å². The van der Waals surface area contributed by atoms with E-state index in [9.17, 15) is 9.59 Å². The number of nitrogens with zero attached hydrogens (tertiary/aromatic N) is 3. The first kappa shape index (κ1) is 21.9. The number of ether oxygens (including phenoxy) is 2. The molecule has 0 radical (unpaired) electrons. The number of carbonyl (C=O) groups is 2. The van der Waals surface area contributed by atoms with Crippen LogP contribution in [-0.4, -0.2) is 78.5 Å². The summed E-state index contributed by atoms with van der Waals surface area (Å²) >= 11 is 0. The molecule has 0 N–H and O–H groups in total. The standard InChI is InChI=1S/C26H31N3O4/c1-19(30)22-6-2-3-7-23(22)26(31)29-10-4-5-21(17-29)28-13-11-27(12-14-28)16-20-8-9-24-25(15-20)33-18-32-24/h2-3,6-9,15,21H,4-5,10-14,16-18H2,1H3/t21-/m0/s1. The molecule has 0 aromatic heterocycles. The highest BCUT2D eigenvalue weighted by Crippen LogP contribution is 2.33. The largest absolute Gasteiger partial charge is 0.454 e. The molecule has 3 aliphatic rings. The van der Waals surface area contributed by atoms with Crippen molar-refractivity contribution in [1.82, 2.24) is 14.7 Å². The highest BCUT2D eigenvalue weighted by Gasteiger charge is 2.31. The van der Waals surface area contributed by atoms with E-state index in [-0.39, 0.29) is 11.7 Å². The maximum absolute atomic E-state index is 13.2. The molecule has 7 nitrogen and oxygen atoms in total. The van der Waals surface area contributed by atoms with Crippen LogP contribution in [0.5, 0.6) is 11.5 Å². The minimum atomic E-state index is -0.0638. The molecular weight excluding hydrogens is 418 g/mol. The van der Waals surface area contributed by atoms with Crippen LogP contribution in [0.2, 0.25) is 0 Å². The van der Waals surface area contributed by atoms with Crippen LogP contribution in [0.25, 0.3) is 0 Å². The van der Waals surface area contributed by atoms with Gasteiger partial charge in [0.25, 0.3) is 5.91 Å². The lowest BCUT2D eigenvalue weighted by atomic mass is 9.99. The van der Waals surface area contributed by atoms with Gasteiger partial charge in [-0.25, -0.2) is 0 Å². The van der Waals surface area contributed by atoms with Gasteiger partial charge < -0.3 is 14.4 Å². The number of hydrogen-bond donors (Lipinski definition) is 0. The molecule has 7 heteroatoms. The third kappa shape index (κ3) is 4.75. The molecule has 2 aromatic rings. The van der Waals surface area contributed by atoms with Gasteiger partial charge in [0.2, 0.25) is 6.79 Å². The van der Waals surface area contributed by atoms with Crippen molar-refractivity contribution in [3.05, 3.63) is 59.2 Å². The summed E-state index contributed by atoms with van der Waals surface area (Å²) in [5.74, 6) is 1.58. The summed E-state index contributed by atoms with van der Waals surface area (Å²) in [5, 5.41) is 0. The van der Waals surface area contributed by atoms with Gasteiger partial charge in [0, 0.05) is 57.4 Å². The van der Waals surface area contributed by atoms with Crippen molar-refractivity contribution in [2.75, 3.05) is 46.1 Å². The van der Waals surface area contributed by atoms with Crippen LogP contribution in [0.1, 0.15) is 46.0 Å². The fraction of sp³-hybridized carbons (Fsp3) is 0.462. The Morgan fingerprint density at radius 2 is 1.70 bits per heavy atom. The van der Waals surface area contributed by atoms with Crippen molar-refractivity contribution >= 4 is 11.7 Å². The number of rotatable bonds is 5. The van der Waals surface area contributed by atoms with Crippen LogP contribution in [0, 0.1) is 0 Å². The van der Waals surface area contributed by atoms with E-state index in [1.807, 2.05) is 23.1 Å². The molecule has 0 bridgehead atoms. The van der Waals surface area contributed by atoms with Crippen LogP contribution >= 0.6 is 0 Å². The van der Waals surface area contributed by atoms with E-state index < -0.39 is 0 Å². The van der Waals surface area contributed by atoms with E-state index in [0.717, 1.165) is 70.2 Å². The van der Waals surface area contributed by atoms with Gasteiger partial charge in [-0.1, -0.05) is 24.3 Å². The Bertz CT molecular complexity index is 1030. The zero-order valence-electron chi connectivity index (χ0n) is 19.2. The number of piperazine rings is 1. The van der Waals surface area contributed by atoms with Gasteiger partial charge in [-0.3, -0.25) is 19.4 Å². The molecule has 0 spiro atoms. The third-order valence-electron chi connectivity index (χ3n) is 6.99. The van der Waals surface area contributed by atoms with E-state index in [0.29, 0.717) is 24.0 Å². The monoisotopic (exact) mass is 449 g/mol. The SMILES string of the molecule is CC(=O)c1ccccc1C(=O)N1CCC[C@H](N2CCN(Cc3ccc4c(c3)OCO4)CC2)C1. The molecule has 0 aliphatic carbocycles. The second kappa shape index (κ2) is 9.53. The van der Waals surface area contributed by atoms with Crippen LogP contribution in [0.4, 0.5) is 0 Å². The third-order valence-corrected chi connectivity index (χ3v) is 6.99. The first-order chi connectivity index (χ1) is 16.1. The van der Waals surface area contributed by atoms with Crippen LogP contribution in [-0.2, 0) is 6.54 Å². The normalized spacial score (nSPS) is 21.2. The molecule has 2 fully saturated rings.